The Balaban J connectivity index is 0.000000328. The lowest BCUT2D eigenvalue weighted by Crippen LogP contribution is -2.42. The van der Waals surface area contributed by atoms with Gasteiger partial charge in [-0.2, -0.15) is 0 Å². The second-order valence-electron chi connectivity index (χ2n) is 9.73. The van der Waals surface area contributed by atoms with Crippen LogP contribution in [0.5, 0.6) is 0 Å². The molecule has 1 unspecified atom stereocenters. The summed E-state index contributed by atoms with van der Waals surface area (Å²) in [5.41, 5.74) is 5.40. The molecule has 1 atom stereocenters. The maximum Gasteiger partial charge on any atom is 0.123 e. The number of nitrogens with one attached hydrogen (secondary N) is 1. The molecular formula is C30H47F2NO2. The summed E-state index contributed by atoms with van der Waals surface area (Å²) in [4.78, 5) is 0. The Hall–Kier alpha value is -1.82. The van der Waals surface area contributed by atoms with Crippen molar-refractivity contribution in [1.82, 2.24) is 5.32 Å². The highest BCUT2D eigenvalue weighted by Gasteiger charge is 2.27. The molecule has 0 amide bonds. The lowest BCUT2D eigenvalue weighted by Gasteiger charge is -2.29. The summed E-state index contributed by atoms with van der Waals surface area (Å²) >= 11 is 0. The van der Waals surface area contributed by atoms with Crippen LogP contribution in [0.1, 0.15) is 82.2 Å². The van der Waals surface area contributed by atoms with Crippen LogP contribution in [0.4, 0.5) is 8.78 Å². The maximum atomic E-state index is 13.2. The van der Waals surface area contributed by atoms with Crippen molar-refractivity contribution in [3.05, 3.63) is 70.5 Å². The third-order valence-corrected chi connectivity index (χ3v) is 6.36. The van der Waals surface area contributed by atoms with Gasteiger partial charge in [0, 0.05) is 18.7 Å². The molecule has 5 heteroatoms. The Morgan fingerprint density at radius 1 is 1.06 bits per heavy atom. The number of hydrogen-bond donors (Lipinski definition) is 2. The molecule has 0 aromatic heterocycles. The number of aryl methyl sites for hydroxylation is 1. The Labute approximate surface area is 212 Å². The van der Waals surface area contributed by atoms with Gasteiger partial charge in [0.05, 0.1) is 19.9 Å². The standard InChI is InChI=1S/C15H23NO.C14H21FO.CH3F/c1-15(2,16-7-8-17)11-12-9-13-5-3-4-6-14(13)10-12;1-4-7-11-10-12(15)8-9-13(11)14(5-2)16-6-3;1-2/h3-6,12,16-17H,7-11H2,1-2H3;8-10,14H,4-7H2,1-3H3;1H3. The van der Waals surface area contributed by atoms with E-state index in [-0.39, 0.29) is 24.1 Å². The summed E-state index contributed by atoms with van der Waals surface area (Å²) in [6.07, 6.45) is 6.56. The predicted molar refractivity (Wildman–Crippen MR) is 143 cm³/mol. The average Bonchev–Trinajstić information content (AvgIpc) is 3.25. The fourth-order valence-electron chi connectivity index (χ4n) is 4.99. The summed E-state index contributed by atoms with van der Waals surface area (Å²) in [5, 5.41) is 12.3. The molecule has 1 aliphatic carbocycles. The Kier molecular flexibility index (Phi) is 15.0. The van der Waals surface area contributed by atoms with Gasteiger partial charge in [-0.15, -0.1) is 0 Å². The minimum Gasteiger partial charge on any atom is -0.395 e. The average molecular weight is 492 g/mol. The number of benzene rings is 2. The van der Waals surface area contributed by atoms with Gasteiger partial charge in [-0.1, -0.05) is 50.6 Å². The first-order valence-electron chi connectivity index (χ1n) is 13.0. The number of hydrogen-bond acceptors (Lipinski definition) is 3. The zero-order valence-electron chi connectivity index (χ0n) is 22.7. The predicted octanol–water partition coefficient (Wildman–Crippen LogP) is 7.00. The molecule has 0 aliphatic heterocycles. The normalized spacial score (nSPS) is 13.9. The van der Waals surface area contributed by atoms with Crippen molar-refractivity contribution in [3.63, 3.8) is 0 Å². The quantitative estimate of drug-likeness (QED) is 0.355. The van der Waals surface area contributed by atoms with Gasteiger partial charge in [-0.05, 0) is 93.2 Å². The zero-order valence-corrected chi connectivity index (χ0v) is 22.7. The van der Waals surface area contributed by atoms with Gasteiger partial charge in [0.2, 0.25) is 0 Å². The molecule has 0 bridgehead atoms. The number of alkyl halides is 1. The molecule has 1 aliphatic rings. The molecule has 0 radical (unpaired) electrons. The SMILES string of the molecule is CC(C)(CC1Cc2ccccc2C1)NCCO.CCCc1cc(F)ccc1C(CC)OCC.CF. The number of rotatable bonds is 11. The van der Waals surface area contributed by atoms with Crippen molar-refractivity contribution in [2.24, 2.45) is 5.92 Å². The highest BCUT2D eigenvalue weighted by atomic mass is 19.1. The molecular weight excluding hydrogens is 444 g/mol. The summed E-state index contributed by atoms with van der Waals surface area (Å²) in [6.45, 7) is 12.3. The van der Waals surface area contributed by atoms with E-state index in [0.29, 0.717) is 20.3 Å². The van der Waals surface area contributed by atoms with Crippen LogP contribution in [-0.2, 0) is 24.0 Å². The molecule has 35 heavy (non-hydrogen) atoms. The molecule has 198 valence electrons. The van der Waals surface area contributed by atoms with Crippen molar-refractivity contribution >= 4 is 0 Å². The third-order valence-electron chi connectivity index (χ3n) is 6.36. The van der Waals surface area contributed by atoms with Gasteiger partial charge in [0.25, 0.3) is 0 Å². The first-order chi connectivity index (χ1) is 16.8. The van der Waals surface area contributed by atoms with Crippen LogP contribution in [0, 0.1) is 11.7 Å². The van der Waals surface area contributed by atoms with E-state index < -0.39 is 0 Å². The van der Waals surface area contributed by atoms with Crippen LogP contribution >= 0.6 is 0 Å². The summed E-state index contributed by atoms with van der Waals surface area (Å²) in [7, 11) is 0.500. The fourth-order valence-corrected chi connectivity index (χ4v) is 4.99. The Morgan fingerprint density at radius 3 is 2.20 bits per heavy atom. The van der Waals surface area contributed by atoms with E-state index in [1.54, 1.807) is 6.07 Å². The number of aliphatic hydroxyl groups excluding tert-OH is 1. The van der Waals surface area contributed by atoms with E-state index in [1.165, 1.54) is 36.5 Å². The lowest BCUT2D eigenvalue weighted by molar-refractivity contribution is 0.0591. The smallest absolute Gasteiger partial charge is 0.123 e. The van der Waals surface area contributed by atoms with E-state index in [0.717, 1.165) is 36.3 Å². The second-order valence-corrected chi connectivity index (χ2v) is 9.73. The van der Waals surface area contributed by atoms with E-state index >= 15 is 0 Å². The van der Waals surface area contributed by atoms with E-state index in [9.17, 15) is 8.78 Å². The summed E-state index contributed by atoms with van der Waals surface area (Å²) in [5.74, 6) is 0.590. The van der Waals surface area contributed by atoms with Crippen molar-refractivity contribution in [2.75, 3.05) is 26.9 Å². The molecule has 0 fully saturated rings. The molecule has 2 aromatic carbocycles. The van der Waals surface area contributed by atoms with E-state index in [2.05, 4.69) is 57.3 Å². The second kappa shape index (κ2) is 16.8. The molecule has 0 spiro atoms. The van der Waals surface area contributed by atoms with Crippen molar-refractivity contribution in [2.45, 2.75) is 84.8 Å². The van der Waals surface area contributed by atoms with Crippen LogP contribution < -0.4 is 5.32 Å². The first-order valence-corrected chi connectivity index (χ1v) is 13.0. The van der Waals surface area contributed by atoms with Crippen LogP contribution in [0.25, 0.3) is 0 Å². The van der Waals surface area contributed by atoms with Crippen LogP contribution in [0.15, 0.2) is 42.5 Å². The molecule has 0 heterocycles. The number of aliphatic hydroxyl groups is 1. The Bertz CT molecular complexity index is 816. The highest BCUT2D eigenvalue weighted by Crippen LogP contribution is 2.31. The Morgan fingerprint density at radius 2 is 1.69 bits per heavy atom. The lowest BCUT2D eigenvalue weighted by atomic mass is 9.88. The number of fused-ring (bicyclic) bond motifs is 1. The van der Waals surface area contributed by atoms with Gasteiger partial charge in [0.1, 0.15) is 5.82 Å². The maximum absolute atomic E-state index is 13.2. The minimum absolute atomic E-state index is 0.104. The third kappa shape index (κ3) is 10.8. The summed E-state index contributed by atoms with van der Waals surface area (Å²) < 4.78 is 28.4. The first kappa shape index (κ1) is 31.2. The van der Waals surface area contributed by atoms with Crippen molar-refractivity contribution in [1.29, 1.82) is 0 Å². The molecule has 3 nitrogen and oxygen atoms in total. The highest BCUT2D eigenvalue weighted by molar-refractivity contribution is 5.32. The van der Waals surface area contributed by atoms with Gasteiger partial charge in [0.15, 0.2) is 0 Å². The van der Waals surface area contributed by atoms with E-state index in [4.69, 9.17) is 9.84 Å². The van der Waals surface area contributed by atoms with Crippen molar-refractivity contribution < 1.29 is 18.6 Å². The van der Waals surface area contributed by atoms with E-state index in [1.807, 2.05) is 13.0 Å². The molecule has 0 saturated carbocycles. The number of β-amino-alcohol motifs (C(OH)–C–C–N with tert-alkyl or cyclic N) is 1. The fraction of sp³-hybridized carbons (Fsp3) is 0.600. The van der Waals surface area contributed by atoms with Gasteiger partial charge in [-0.25, -0.2) is 4.39 Å². The van der Waals surface area contributed by atoms with Gasteiger partial charge in [-0.3, -0.25) is 4.39 Å². The van der Waals surface area contributed by atoms with Crippen molar-refractivity contribution in [3.8, 4) is 0 Å². The monoisotopic (exact) mass is 491 g/mol. The topological polar surface area (TPSA) is 41.5 Å². The number of ether oxygens (including phenoxy) is 1. The number of halogens is 2. The summed E-state index contributed by atoms with van der Waals surface area (Å²) in [6, 6.07) is 13.8. The largest absolute Gasteiger partial charge is 0.395 e. The molecule has 0 saturated heterocycles. The molecule has 3 rings (SSSR count). The van der Waals surface area contributed by atoms with Gasteiger partial charge >= 0.3 is 0 Å². The molecule has 2 N–H and O–H groups in total. The minimum atomic E-state index is -0.154. The molecule has 2 aromatic rings. The van der Waals surface area contributed by atoms with Crippen LogP contribution in [-0.4, -0.2) is 37.6 Å². The zero-order chi connectivity index (χ0) is 26.3. The van der Waals surface area contributed by atoms with Crippen LogP contribution in [0.2, 0.25) is 0 Å². The van der Waals surface area contributed by atoms with Gasteiger partial charge < -0.3 is 15.2 Å². The van der Waals surface area contributed by atoms with Crippen LogP contribution in [0.3, 0.4) is 0 Å².